The van der Waals surface area contributed by atoms with Gasteiger partial charge in [0.05, 0.1) is 6.54 Å². The third-order valence-corrected chi connectivity index (χ3v) is 4.59. The maximum atomic E-state index is 5.49. The number of hydrogen-bond donors (Lipinski definition) is 1. The average molecular weight is 222 g/mol. The summed E-state index contributed by atoms with van der Waals surface area (Å²) in [4.78, 5) is 4.36. The second-order valence-electron chi connectivity index (χ2n) is 5.49. The zero-order chi connectivity index (χ0) is 11.0. The third-order valence-electron chi connectivity index (χ3n) is 4.59. The predicted molar refractivity (Wildman–Crippen MR) is 64.4 cm³/mol. The van der Waals surface area contributed by atoms with Crippen LogP contribution in [0.4, 0.5) is 0 Å². The predicted octanol–water partition coefficient (Wildman–Crippen LogP) is 2.18. The number of ether oxygens (including phenoxy) is 1. The Morgan fingerprint density at radius 1 is 1.38 bits per heavy atom. The van der Waals surface area contributed by atoms with Gasteiger partial charge in [0.25, 0.3) is 6.02 Å². The van der Waals surface area contributed by atoms with Gasteiger partial charge in [0.1, 0.15) is 6.61 Å². The first kappa shape index (κ1) is 10.4. The van der Waals surface area contributed by atoms with Crippen molar-refractivity contribution in [3.63, 3.8) is 0 Å². The largest absolute Gasteiger partial charge is 0.463 e. The van der Waals surface area contributed by atoms with Gasteiger partial charge < -0.3 is 10.1 Å². The van der Waals surface area contributed by atoms with Gasteiger partial charge in [-0.2, -0.15) is 0 Å². The van der Waals surface area contributed by atoms with E-state index in [-0.39, 0.29) is 0 Å². The van der Waals surface area contributed by atoms with Crippen molar-refractivity contribution in [2.75, 3.05) is 13.2 Å². The van der Waals surface area contributed by atoms with E-state index in [1.807, 2.05) is 0 Å². The molecule has 1 heterocycles. The Hall–Kier alpha value is -0.730. The molecule has 3 nitrogen and oxygen atoms in total. The first-order valence-electron chi connectivity index (χ1n) is 6.82. The van der Waals surface area contributed by atoms with Crippen molar-refractivity contribution < 1.29 is 4.74 Å². The van der Waals surface area contributed by atoms with Crippen LogP contribution < -0.4 is 5.32 Å². The van der Waals surface area contributed by atoms with Crippen LogP contribution in [-0.4, -0.2) is 25.2 Å². The van der Waals surface area contributed by atoms with Crippen LogP contribution in [0.15, 0.2) is 4.99 Å². The van der Waals surface area contributed by atoms with Crippen molar-refractivity contribution in [2.45, 2.75) is 45.1 Å². The van der Waals surface area contributed by atoms with E-state index in [9.17, 15) is 0 Å². The molecular weight excluding hydrogens is 200 g/mol. The molecule has 0 spiro atoms. The van der Waals surface area contributed by atoms with Crippen molar-refractivity contribution in [3.05, 3.63) is 0 Å². The summed E-state index contributed by atoms with van der Waals surface area (Å²) in [6, 6.07) is 1.47. The highest BCUT2D eigenvalue weighted by Crippen LogP contribution is 2.50. The van der Waals surface area contributed by atoms with Gasteiger partial charge in [0.2, 0.25) is 0 Å². The van der Waals surface area contributed by atoms with E-state index in [4.69, 9.17) is 4.74 Å². The molecule has 2 fully saturated rings. The molecule has 16 heavy (non-hydrogen) atoms. The van der Waals surface area contributed by atoms with E-state index in [2.05, 4.69) is 17.2 Å². The van der Waals surface area contributed by atoms with Crippen LogP contribution in [0.25, 0.3) is 0 Å². The quantitative estimate of drug-likeness (QED) is 0.794. The van der Waals surface area contributed by atoms with E-state index in [0.29, 0.717) is 6.04 Å². The molecule has 0 unspecified atom stereocenters. The van der Waals surface area contributed by atoms with Crippen molar-refractivity contribution in [1.29, 1.82) is 0 Å². The van der Waals surface area contributed by atoms with E-state index in [0.717, 1.165) is 36.9 Å². The summed E-state index contributed by atoms with van der Waals surface area (Å²) in [5, 5.41) is 3.57. The second-order valence-corrected chi connectivity index (χ2v) is 5.49. The number of nitrogens with zero attached hydrogens (tertiary/aromatic N) is 1. The first-order valence-corrected chi connectivity index (χ1v) is 6.82. The number of nitrogens with one attached hydrogen (secondary N) is 1. The Bertz CT molecular complexity index is 290. The van der Waals surface area contributed by atoms with Gasteiger partial charge in [-0.15, -0.1) is 0 Å². The van der Waals surface area contributed by atoms with Crippen LogP contribution in [0.3, 0.4) is 0 Å². The Labute approximate surface area is 97.7 Å². The van der Waals surface area contributed by atoms with Gasteiger partial charge in [0, 0.05) is 6.04 Å². The molecule has 2 aliphatic carbocycles. The van der Waals surface area contributed by atoms with Gasteiger partial charge >= 0.3 is 0 Å². The van der Waals surface area contributed by atoms with Crippen LogP contribution in [0.1, 0.15) is 39.0 Å². The molecule has 3 heteroatoms. The van der Waals surface area contributed by atoms with Crippen molar-refractivity contribution in [2.24, 2.45) is 22.7 Å². The number of fused-ring (bicyclic) bond motifs is 2. The van der Waals surface area contributed by atoms with E-state index < -0.39 is 0 Å². The van der Waals surface area contributed by atoms with Gasteiger partial charge in [-0.3, -0.25) is 0 Å². The maximum absolute atomic E-state index is 5.49. The topological polar surface area (TPSA) is 33.6 Å². The SMILES string of the molecule is CCC[C@H]1[C@@H]2CC[C@@H](C2)[C@@H]1NC1=NCCO1. The van der Waals surface area contributed by atoms with Crippen molar-refractivity contribution in [1.82, 2.24) is 5.32 Å². The van der Waals surface area contributed by atoms with Crippen LogP contribution in [0.5, 0.6) is 0 Å². The molecule has 3 aliphatic rings. The Kier molecular flexibility index (Phi) is 2.78. The minimum Gasteiger partial charge on any atom is -0.463 e. The normalized spacial score (nSPS) is 40.9. The van der Waals surface area contributed by atoms with Gasteiger partial charge in [-0.05, 0) is 43.4 Å². The minimum absolute atomic E-state index is 0.649. The Balaban J connectivity index is 1.67. The number of rotatable bonds is 3. The van der Waals surface area contributed by atoms with Crippen LogP contribution >= 0.6 is 0 Å². The lowest BCUT2D eigenvalue weighted by atomic mass is 9.82. The molecule has 0 saturated heterocycles. The first-order chi connectivity index (χ1) is 7.88. The second kappa shape index (κ2) is 4.27. The smallest absolute Gasteiger partial charge is 0.285 e. The summed E-state index contributed by atoms with van der Waals surface area (Å²) < 4.78 is 5.49. The Morgan fingerprint density at radius 3 is 3.00 bits per heavy atom. The number of hydrogen-bond acceptors (Lipinski definition) is 3. The van der Waals surface area contributed by atoms with Gasteiger partial charge in [-0.25, -0.2) is 4.99 Å². The highest BCUT2D eigenvalue weighted by Gasteiger charge is 2.47. The fourth-order valence-electron chi connectivity index (χ4n) is 3.95. The molecule has 1 N–H and O–H groups in total. The highest BCUT2D eigenvalue weighted by atomic mass is 16.5. The molecule has 2 bridgehead atoms. The van der Waals surface area contributed by atoms with E-state index in [1.54, 1.807) is 0 Å². The summed E-state index contributed by atoms with van der Waals surface area (Å²) in [6.45, 7) is 3.90. The molecule has 2 saturated carbocycles. The molecule has 0 aromatic carbocycles. The fourth-order valence-corrected chi connectivity index (χ4v) is 3.95. The van der Waals surface area contributed by atoms with Crippen molar-refractivity contribution >= 4 is 6.02 Å². The van der Waals surface area contributed by atoms with Gasteiger partial charge in [0.15, 0.2) is 0 Å². The van der Waals surface area contributed by atoms with Gasteiger partial charge in [-0.1, -0.05) is 13.3 Å². The molecule has 0 radical (unpaired) electrons. The van der Waals surface area contributed by atoms with E-state index in [1.165, 1.54) is 32.1 Å². The molecule has 0 aromatic rings. The monoisotopic (exact) mass is 222 g/mol. The molecule has 4 atom stereocenters. The third kappa shape index (κ3) is 1.70. The molecule has 0 amide bonds. The lowest BCUT2D eigenvalue weighted by Crippen LogP contribution is -2.44. The minimum atomic E-state index is 0.649. The molecule has 3 rings (SSSR count). The number of amidine groups is 1. The summed E-state index contributed by atoms with van der Waals surface area (Å²) in [5.41, 5.74) is 0. The highest BCUT2D eigenvalue weighted by molar-refractivity contribution is 5.75. The van der Waals surface area contributed by atoms with Crippen LogP contribution in [-0.2, 0) is 4.74 Å². The maximum Gasteiger partial charge on any atom is 0.285 e. The molecule has 0 aromatic heterocycles. The van der Waals surface area contributed by atoms with Crippen molar-refractivity contribution in [3.8, 4) is 0 Å². The molecule has 90 valence electrons. The summed E-state index contributed by atoms with van der Waals surface area (Å²) in [5.74, 6) is 2.73. The lowest BCUT2D eigenvalue weighted by Gasteiger charge is -2.31. The van der Waals surface area contributed by atoms with Crippen LogP contribution in [0.2, 0.25) is 0 Å². The standard InChI is InChI=1S/C13H22N2O/c1-2-3-11-9-4-5-10(8-9)12(11)15-13-14-6-7-16-13/h9-12H,2-8H2,1H3,(H,14,15)/t9-,10+,11+,12+/m1/s1. The molecular formula is C13H22N2O. The fraction of sp³-hybridized carbons (Fsp3) is 0.923. The summed E-state index contributed by atoms with van der Waals surface area (Å²) >= 11 is 0. The Morgan fingerprint density at radius 2 is 2.25 bits per heavy atom. The summed E-state index contributed by atoms with van der Waals surface area (Å²) in [7, 11) is 0. The summed E-state index contributed by atoms with van der Waals surface area (Å²) in [6.07, 6.45) is 6.98. The molecule has 1 aliphatic heterocycles. The van der Waals surface area contributed by atoms with Crippen LogP contribution in [0, 0.1) is 17.8 Å². The lowest BCUT2D eigenvalue weighted by molar-refractivity contribution is 0.236. The zero-order valence-electron chi connectivity index (χ0n) is 10.1. The number of aliphatic imine (C=N–C) groups is 1. The van der Waals surface area contributed by atoms with E-state index >= 15 is 0 Å². The average Bonchev–Trinajstić information content (AvgIpc) is 2.98. The zero-order valence-corrected chi connectivity index (χ0v) is 10.1.